The molecule has 0 unspecified atom stereocenters. The minimum atomic E-state index is 0.594. The van der Waals surface area contributed by atoms with E-state index in [9.17, 15) is 0 Å². The SMILES string of the molecule is CSCCCCCn1c(CCCl)nc2cc(Br)cnc21. The lowest BCUT2D eigenvalue weighted by Crippen LogP contribution is -2.05. The van der Waals surface area contributed by atoms with Crippen molar-refractivity contribution < 1.29 is 0 Å². The Balaban J connectivity index is 2.13. The lowest BCUT2D eigenvalue weighted by Gasteiger charge is -2.07. The molecule has 110 valence electrons. The lowest BCUT2D eigenvalue weighted by molar-refractivity contribution is 0.593. The highest BCUT2D eigenvalue weighted by molar-refractivity contribution is 9.10. The van der Waals surface area contributed by atoms with Gasteiger partial charge in [0.25, 0.3) is 0 Å². The average Bonchev–Trinajstić information content (AvgIpc) is 2.76. The first kappa shape index (κ1) is 16.1. The van der Waals surface area contributed by atoms with Crippen molar-refractivity contribution in [1.82, 2.24) is 14.5 Å². The zero-order valence-electron chi connectivity index (χ0n) is 11.6. The molecule has 6 heteroatoms. The van der Waals surface area contributed by atoms with Crippen molar-refractivity contribution in [2.75, 3.05) is 17.9 Å². The highest BCUT2D eigenvalue weighted by atomic mass is 79.9. The van der Waals surface area contributed by atoms with Crippen LogP contribution in [0.3, 0.4) is 0 Å². The molecule has 0 aromatic carbocycles. The van der Waals surface area contributed by atoms with Crippen LogP contribution in [0, 0.1) is 0 Å². The molecule has 0 radical (unpaired) electrons. The first-order valence-electron chi connectivity index (χ1n) is 6.82. The number of fused-ring (bicyclic) bond motifs is 1. The monoisotopic (exact) mass is 375 g/mol. The largest absolute Gasteiger partial charge is 0.313 e. The minimum absolute atomic E-state index is 0.594. The molecule has 0 atom stereocenters. The summed E-state index contributed by atoms with van der Waals surface area (Å²) in [6.07, 6.45) is 8.47. The predicted octanol–water partition coefficient (Wildman–Crippen LogP) is 4.51. The third-order valence-corrected chi connectivity index (χ3v) is 4.50. The molecule has 2 aromatic heterocycles. The van der Waals surface area contributed by atoms with Gasteiger partial charge < -0.3 is 4.57 Å². The van der Waals surface area contributed by atoms with E-state index in [1.807, 2.05) is 24.0 Å². The zero-order chi connectivity index (χ0) is 14.4. The van der Waals surface area contributed by atoms with Gasteiger partial charge in [-0.25, -0.2) is 9.97 Å². The summed E-state index contributed by atoms with van der Waals surface area (Å²) in [4.78, 5) is 9.17. The van der Waals surface area contributed by atoms with E-state index in [4.69, 9.17) is 11.6 Å². The van der Waals surface area contributed by atoms with Crippen LogP contribution in [0.15, 0.2) is 16.7 Å². The van der Waals surface area contributed by atoms with Gasteiger partial charge >= 0.3 is 0 Å². The number of alkyl halides is 1. The summed E-state index contributed by atoms with van der Waals surface area (Å²) in [5.41, 5.74) is 1.92. The first-order chi connectivity index (χ1) is 9.76. The molecule has 3 nitrogen and oxygen atoms in total. The van der Waals surface area contributed by atoms with Crippen LogP contribution in [0.1, 0.15) is 25.1 Å². The van der Waals surface area contributed by atoms with Crippen molar-refractivity contribution in [2.45, 2.75) is 32.2 Å². The summed E-state index contributed by atoms with van der Waals surface area (Å²) in [5, 5.41) is 0. The predicted molar refractivity (Wildman–Crippen MR) is 91.9 cm³/mol. The molecule has 0 aliphatic carbocycles. The standard InChI is InChI=1S/C14H19BrClN3S/c1-20-8-4-2-3-7-19-13(5-6-16)18-12-9-11(15)10-17-14(12)19/h9-10H,2-8H2,1H3. The second-order valence-electron chi connectivity index (χ2n) is 4.67. The number of imidazole rings is 1. The quantitative estimate of drug-likeness (QED) is 0.502. The molecule has 2 rings (SSSR count). The van der Waals surface area contributed by atoms with Crippen LogP contribution in [0.5, 0.6) is 0 Å². The van der Waals surface area contributed by atoms with Crippen molar-refractivity contribution in [1.29, 1.82) is 0 Å². The van der Waals surface area contributed by atoms with E-state index < -0.39 is 0 Å². The van der Waals surface area contributed by atoms with E-state index >= 15 is 0 Å². The fourth-order valence-corrected chi connectivity index (χ4v) is 3.22. The number of unbranched alkanes of at least 4 members (excludes halogenated alkanes) is 2. The Hall–Kier alpha value is -0.260. The summed E-state index contributed by atoms with van der Waals surface area (Å²) in [6.45, 7) is 0.978. The summed E-state index contributed by atoms with van der Waals surface area (Å²) >= 11 is 11.2. The van der Waals surface area contributed by atoms with E-state index in [1.165, 1.54) is 25.0 Å². The van der Waals surface area contributed by atoms with Crippen LogP contribution in [-0.4, -0.2) is 32.4 Å². The number of aromatic nitrogens is 3. The maximum absolute atomic E-state index is 5.88. The number of aryl methyl sites for hydroxylation is 2. The topological polar surface area (TPSA) is 30.7 Å². The van der Waals surface area contributed by atoms with Crippen LogP contribution >= 0.6 is 39.3 Å². The van der Waals surface area contributed by atoms with E-state index in [-0.39, 0.29) is 0 Å². The van der Waals surface area contributed by atoms with Crippen molar-refractivity contribution in [3.05, 3.63) is 22.6 Å². The fraction of sp³-hybridized carbons (Fsp3) is 0.571. The normalized spacial score (nSPS) is 11.3. The summed E-state index contributed by atoms with van der Waals surface area (Å²) in [7, 11) is 0. The van der Waals surface area contributed by atoms with Gasteiger partial charge in [-0.15, -0.1) is 11.6 Å². The molecule has 0 N–H and O–H groups in total. The Morgan fingerprint density at radius 3 is 2.95 bits per heavy atom. The third kappa shape index (κ3) is 4.12. The molecule has 0 aliphatic heterocycles. The summed E-state index contributed by atoms with van der Waals surface area (Å²) in [5.74, 6) is 2.88. The summed E-state index contributed by atoms with van der Waals surface area (Å²) in [6, 6.07) is 2.02. The van der Waals surface area contributed by atoms with E-state index in [0.29, 0.717) is 5.88 Å². The van der Waals surface area contributed by atoms with Gasteiger partial charge in [0, 0.05) is 29.5 Å². The summed E-state index contributed by atoms with van der Waals surface area (Å²) < 4.78 is 3.19. The van der Waals surface area contributed by atoms with E-state index in [2.05, 4.69) is 36.7 Å². The molecule has 0 saturated carbocycles. The van der Waals surface area contributed by atoms with Gasteiger partial charge in [0.05, 0.1) is 0 Å². The van der Waals surface area contributed by atoms with Gasteiger partial charge in [0.2, 0.25) is 0 Å². The smallest absolute Gasteiger partial charge is 0.160 e. The molecule has 2 heterocycles. The molecule has 0 saturated heterocycles. The Morgan fingerprint density at radius 1 is 1.35 bits per heavy atom. The Morgan fingerprint density at radius 2 is 2.20 bits per heavy atom. The minimum Gasteiger partial charge on any atom is -0.313 e. The molecule has 20 heavy (non-hydrogen) atoms. The van der Waals surface area contributed by atoms with Crippen molar-refractivity contribution in [3.63, 3.8) is 0 Å². The van der Waals surface area contributed by atoms with Crippen LogP contribution in [0.2, 0.25) is 0 Å². The second-order valence-corrected chi connectivity index (χ2v) is 6.95. The maximum Gasteiger partial charge on any atom is 0.160 e. The van der Waals surface area contributed by atoms with Crippen LogP contribution in [0.25, 0.3) is 11.2 Å². The Bertz CT molecular complexity index is 559. The average molecular weight is 377 g/mol. The third-order valence-electron chi connectivity index (χ3n) is 3.18. The molecular weight excluding hydrogens is 358 g/mol. The highest BCUT2D eigenvalue weighted by Crippen LogP contribution is 2.20. The zero-order valence-corrected chi connectivity index (χ0v) is 14.8. The number of hydrogen-bond acceptors (Lipinski definition) is 3. The molecule has 0 bridgehead atoms. The number of halogens is 2. The number of thioether (sulfide) groups is 1. The van der Waals surface area contributed by atoms with E-state index in [0.717, 1.165) is 34.4 Å². The van der Waals surface area contributed by atoms with Crippen molar-refractivity contribution in [3.8, 4) is 0 Å². The Kier molecular flexibility index (Phi) is 6.65. The molecular formula is C14H19BrClN3S. The van der Waals surface area contributed by atoms with Crippen LogP contribution in [-0.2, 0) is 13.0 Å². The first-order valence-corrected chi connectivity index (χ1v) is 9.54. The van der Waals surface area contributed by atoms with Crippen molar-refractivity contribution in [2.24, 2.45) is 0 Å². The van der Waals surface area contributed by atoms with Crippen LogP contribution < -0.4 is 0 Å². The van der Waals surface area contributed by atoms with Gasteiger partial charge in [-0.1, -0.05) is 6.42 Å². The molecule has 2 aromatic rings. The molecule has 0 aliphatic rings. The number of nitrogens with zero attached hydrogens (tertiary/aromatic N) is 3. The lowest BCUT2D eigenvalue weighted by atomic mass is 10.2. The van der Waals surface area contributed by atoms with Gasteiger partial charge in [0.15, 0.2) is 5.65 Å². The van der Waals surface area contributed by atoms with Crippen molar-refractivity contribution >= 4 is 50.5 Å². The molecule has 0 fully saturated rings. The Labute approximate surface area is 137 Å². The maximum atomic E-state index is 5.88. The highest BCUT2D eigenvalue weighted by Gasteiger charge is 2.11. The van der Waals surface area contributed by atoms with Crippen LogP contribution in [0.4, 0.5) is 0 Å². The molecule has 0 spiro atoms. The molecule has 0 amide bonds. The number of rotatable bonds is 8. The van der Waals surface area contributed by atoms with Gasteiger partial charge in [-0.3, -0.25) is 0 Å². The number of pyridine rings is 1. The van der Waals surface area contributed by atoms with Gasteiger partial charge in [-0.05, 0) is 46.8 Å². The van der Waals surface area contributed by atoms with Gasteiger partial charge in [0.1, 0.15) is 11.3 Å². The number of hydrogen-bond donors (Lipinski definition) is 0. The van der Waals surface area contributed by atoms with Gasteiger partial charge in [-0.2, -0.15) is 11.8 Å². The van der Waals surface area contributed by atoms with E-state index in [1.54, 1.807) is 0 Å². The second kappa shape index (κ2) is 8.25. The fourth-order valence-electron chi connectivity index (χ4n) is 2.24.